The Bertz CT molecular complexity index is 457. The van der Waals surface area contributed by atoms with Gasteiger partial charge in [0, 0.05) is 19.7 Å². The average Bonchev–Trinajstić information content (AvgIpc) is 2.38. The average molecular weight is 297 g/mol. The van der Waals surface area contributed by atoms with E-state index in [0.717, 1.165) is 0 Å². The minimum absolute atomic E-state index is 0.000996. The van der Waals surface area contributed by atoms with Gasteiger partial charge in [-0.2, -0.15) is 0 Å². The van der Waals surface area contributed by atoms with Crippen LogP contribution >= 0.6 is 0 Å². The molecule has 0 aliphatic carbocycles. The van der Waals surface area contributed by atoms with Gasteiger partial charge in [0.05, 0.1) is 0 Å². The summed E-state index contributed by atoms with van der Waals surface area (Å²) < 4.78 is 18.9. The maximum Gasteiger partial charge on any atom is 0.410 e. The number of benzene rings is 1. The highest BCUT2D eigenvalue weighted by Crippen LogP contribution is 2.12. The quantitative estimate of drug-likeness (QED) is 0.878. The van der Waals surface area contributed by atoms with Gasteiger partial charge in [-0.3, -0.25) is 0 Å². The summed E-state index contributed by atoms with van der Waals surface area (Å²) in [7, 11) is 0. The molecule has 1 aromatic carbocycles. The highest BCUT2D eigenvalue weighted by molar-refractivity contribution is 5.68. The van der Waals surface area contributed by atoms with Crippen molar-refractivity contribution in [3.63, 3.8) is 0 Å². The second kappa shape index (κ2) is 7.98. The Morgan fingerprint density at radius 1 is 1.29 bits per heavy atom. The number of hydrogen-bond acceptors (Lipinski definition) is 3. The van der Waals surface area contributed by atoms with Gasteiger partial charge >= 0.3 is 6.09 Å². The topological polar surface area (TPSA) is 49.8 Å². The third kappa shape index (κ3) is 6.58. The van der Waals surface area contributed by atoms with E-state index in [0.29, 0.717) is 31.5 Å². The van der Waals surface area contributed by atoms with E-state index in [1.54, 1.807) is 39.0 Å². The Balaban J connectivity index is 2.65. The molecule has 0 radical (unpaired) electrons. The molecule has 0 aromatic heterocycles. The molecule has 0 saturated carbocycles. The number of nitrogens with zero attached hydrogens (tertiary/aromatic N) is 1. The van der Waals surface area contributed by atoms with Crippen LogP contribution in [-0.2, 0) is 11.2 Å². The number of ether oxygens (including phenoxy) is 1. The van der Waals surface area contributed by atoms with Gasteiger partial charge in [-0.25, -0.2) is 9.18 Å². The number of rotatable bonds is 6. The summed E-state index contributed by atoms with van der Waals surface area (Å²) in [5.41, 5.74) is -0.0120. The molecule has 1 rings (SSSR count). The van der Waals surface area contributed by atoms with Crippen LogP contribution in [0.3, 0.4) is 0 Å². The van der Waals surface area contributed by atoms with E-state index in [1.165, 1.54) is 11.0 Å². The molecule has 0 spiro atoms. The van der Waals surface area contributed by atoms with E-state index in [4.69, 9.17) is 9.84 Å². The van der Waals surface area contributed by atoms with Crippen molar-refractivity contribution in [2.45, 2.75) is 39.2 Å². The molecule has 0 atom stereocenters. The van der Waals surface area contributed by atoms with Gasteiger partial charge < -0.3 is 14.7 Å². The summed E-state index contributed by atoms with van der Waals surface area (Å²) in [5.74, 6) is -0.274. The largest absolute Gasteiger partial charge is 0.444 e. The van der Waals surface area contributed by atoms with Crippen molar-refractivity contribution in [2.75, 3.05) is 19.7 Å². The molecule has 21 heavy (non-hydrogen) atoms. The summed E-state index contributed by atoms with van der Waals surface area (Å²) in [6.45, 7) is 6.14. The Morgan fingerprint density at radius 3 is 2.52 bits per heavy atom. The number of carbonyl (C=O) groups is 1. The first-order chi connectivity index (χ1) is 9.83. The van der Waals surface area contributed by atoms with E-state index in [-0.39, 0.29) is 12.4 Å². The molecule has 118 valence electrons. The van der Waals surface area contributed by atoms with Crippen molar-refractivity contribution >= 4 is 6.09 Å². The molecule has 4 nitrogen and oxygen atoms in total. The first-order valence-corrected chi connectivity index (χ1v) is 7.15. The molecule has 0 heterocycles. The lowest BCUT2D eigenvalue weighted by Gasteiger charge is -2.27. The summed E-state index contributed by atoms with van der Waals surface area (Å²) in [5, 5.41) is 8.92. The zero-order valence-corrected chi connectivity index (χ0v) is 12.9. The van der Waals surface area contributed by atoms with Crippen LogP contribution < -0.4 is 0 Å². The Hall–Kier alpha value is -1.62. The first-order valence-electron chi connectivity index (χ1n) is 7.15. The maximum absolute atomic E-state index is 13.6. The summed E-state index contributed by atoms with van der Waals surface area (Å²) in [6.07, 6.45) is 0.445. The summed E-state index contributed by atoms with van der Waals surface area (Å²) >= 11 is 0. The minimum atomic E-state index is -0.577. The summed E-state index contributed by atoms with van der Waals surface area (Å²) in [4.78, 5) is 13.6. The van der Waals surface area contributed by atoms with Crippen LogP contribution in [-0.4, -0.2) is 41.4 Å². The molecule has 0 aliphatic rings. The third-order valence-electron chi connectivity index (χ3n) is 2.85. The predicted octanol–water partition coefficient (Wildman–Crippen LogP) is 2.99. The Morgan fingerprint density at radius 2 is 1.95 bits per heavy atom. The van der Waals surface area contributed by atoms with Crippen LogP contribution in [0, 0.1) is 5.82 Å². The standard InChI is InChI=1S/C16H24FNO3/c1-16(2,3)21-15(20)18(10-6-12-19)11-9-13-7-4-5-8-14(13)17/h4-5,7-8,19H,6,9-12H2,1-3H3. The van der Waals surface area contributed by atoms with Crippen LogP contribution in [0.25, 0.3) is 0 Å². The second-order valence-electron chi connectivity index (χ2n) is 5.89. The SMILES string of the molecule is CC(C)(C)OC(=O)N(CCCO)CCc1ccccc1F. The van der Waals surface area contributed by atoms with Gasteiger partial charge in [0.1, 0.15) is 11.4 Å². The van der Waals surface area contributed by atoms with Gasteiger partial charge in [-0.1, -0.05) is 18.2 Å². The van der Waals surface area contributed by atoms with Crippen LogP contribution in [0.4, 0.5) is 9.18 Å². The van der Waals surface area contributed by atoms with Crippen LogP contribution in [0.2, 0.25) is 0 Å². The monoisotopic (exact) mass is 297 g/mol. The molecule has 5 heteroatoms. The Kier molecular flexibility index (Phi) is 6.62. The van der Waals surface area contributed by atoms with Crippen molar-refractivity contribution in [3.8, 4) is 0 Å². The van der Waals surface area contributed by atoms with E-state index < -0.39 is 11.7 Å². The van der Waals surface area contributed by atoms with Crippen molar-refractivity contribution in [1.29, 1.82) is 0 Å². The lowest BCUT2D eigenvalue weighted by atomic mass is 10.1. The van der Waals surface area contributed by atoms with Crippen molar-refractivity contribution < 1.29 is 19.0 Å². The number of aliphatic hydroxyl groups excluding tert-OH is 1. The fourth-order valence-corrected chi connectivity index (χ4v) is 1.84. The Labute approximate surface area is 125 Å². The fourth-order valence-electron chi connectivity index (χ4n) is 1.84. The molecule has 0 unspecified atom stereocenters. The lowest BCUT2D eigenvalue weighted by Crippen LogP contribution is -2.39. The van der Waals surface area contributed by atoms with Crippen molar-refractivity contribution in [2.24, 2.45) is 0 Å². The highest BCUT2D eigenvalue weighted by atomic mass is 19.1. The number of halogens is 1. The normalized spacial score (nSPS) is 11.3. The molecule has 1 amide bonds. The van der Waals surface area contributed by atoms with E-state index in [2.05, 4.69) is 0 Å². The third-order valence-corrected chi connectivity index (χ3v) is 2.85. The van der Waals surface area contributed by atoms with Gasteiger partial charge in [0.2, 0.25) is 0 Å². The number of carbonyl (C=O) groups excluding carboxylic acids is 1. The number of aliphatic hydroxyl groups is 1. The molecule has 1 aromatic rings. The zero-order chi connectivity index (χ0) is 15.9. The lowest BCUT2D eigenvalue weighted by molar-refractivity contribution is 0.0242. The van der Waals surface area contributed by atoms with Gasteiger partial charge in [-0.15, -0.1) is 0 Å². The van der Waals surface area contributed by atoms with E-state index in [1.807, 2.05) is 0 Å². The number of amides is 1. The fraction of sp³-hybridized carbons (Fsp3) is 0.562. The molecular weight excluding hydrogens is 273 g/mol. The van der Waals surface area contributed by atoms with Crippen LogP contribution in [0.15, 0.2) is 24.3 Å². The molecule has 1 N–H and O–H groups in total. The molecule has 0 bridgehead atoms. The van der Waals surface area contributed by atoms with E-state index in [9.17, 15) is 9.18 Å². The van der Waals surface area contributed by atoms with Gasteiger partial charge in [-0.05, 0) is 45.2 Å². The van der Waals surface area contributed by atoms with Crippen molar-refractivity contribution in [3.05, 3.63) is 35.6 Å². The summed E-state index contributed by atoms with van der Waals surface area (Å²) in [6, 6.07) is 6.51. The van der Waals surface area contributed by atoms with Crippen LogP contribution in [0.1, 0.15) is 32.8 Å². The highest BCUT2D eigenvalue weighted by Gasteiger charge is 2.21. The number of hydrogen-bond donors (Lipinski definition) is 1. The van der Waals surface area contributed by atoms with Crippen LogP contribution in [0.5, 0.6) is 0 Å². The molecule has 0 aliphatic heterocycles. The molecule has 0 fully saturated rings. The molecular formula is C16H24FNO3. The predicted molar refractivity (Wildman–Crippen MR) is 79.6 cm³/mol. The smallest absolute Gasteiger partial charge is 0.410 e. The first kappa shape index (κ1) is 17.4. The van der Waals surface area contributed by atoms with E-state index >= 15 is 0 Å². The molecule has 0 saturated heterocycles. The van der Waals surface area contributed by atoms with Gasteiger partial charge in [0.15, 0.2) is 0 Å². The maximum atomic E-state index is 13.6. The minimum Gasteiger partial charge on any atom is -0.444 e. The zero-order valence-electron chi connectivity index (χ0n) is 12.9. The second-order valence-corrected chi connectivity index (χ2v) is 5.89. The van der Waals surface area contributed by atoms with Gasteiger partial charge in [0.25, 0.3) is 0 Å². The van der Waals surface area contributed by atoms with Crippen molar-refractivity contribution in [1.82, 2.24) is 4.90 Å².